The molecule has 0 fully saturated rings. The smallest absolute Gasteiger partial charge is 0.224 e. The number of ketones is 1. The van der Waals surface area contributed by atoms with Crippen LogP contribution < -0.4 is 11.1 Å². The number of hydrogen-bond donors (Lipinski definition) is 2. The van der Waals surface area contributed by atoms with E-state index in [-0.39, 0.29) is 23.5 Å². The summed E-state index contributed by atoms with van der Waals surface area (Å²) in [5, 5.41) is 2.82. The molecule has 3 N–H and O–H groups in total. The quantitative estimate of drug-likeness (QED) is 0.813. The number of nitrogens with one attached hydrogen (secondary N) is 1. The molecule has 102 valence electrons. The maximum absolute atomic E-state index is 12.4. The topological polar surface area (TPSA) is 72.2 Å². The van der Waals surface area contributed by atoms with Crippen LogP contribution in [0, 0.1) is 11.8 Å². The zero-order chi connectivity index (χ0) is 14.0. The Morgan fingerprint density at radius 1 is 1.37 bits per heavy atom. The van der Waals surface area contributed by atoms with E-state index in [9.17, 15) is 9.59 Å². The van der Waals surface area contributed by atoms with E-state index in [0.717, 1.165) is 11.3 Å². The number of hydrogen-bond acceptors (Lipinski definition) is 3. The number of benzene rings is 1. The molecule has 1 atom stereocenters. The van der Waals surface area contributed by atoms with E-state index in [4.69, 9.17) is 5.73 Å². The molecule has 0 aliphatic carbocycles. The van der Waals surface area contributed by atoms with Crippen molar-refractivity contribution in [1.29, 1.82) is 0 Å². The van der Waals surface area contributed by atoms with Gasteiger partial charge < -0.3 is 11.1 Å². The average Bonchev–Trinajstić information content (AvgIpc) is 2.38. The zero-order valence-corrected chi connectivity index (χ0v) is 11.4. The summed E-state index contributed by atoms with van der Waals surface area (Å²) in [4.78, 5) is 23.7. The lowest BCUT2D eigenvalue weighted by Crippen LogP contribution is -2.28. The van der Waals surface area contributed by atoms with Gasteiger partial charge in [-0.25, -0.2) is 0 Å². The van der Waals surface area contributed by atoms with Crippen molar-refractivity contribution in [2.24, 2.45) is 17.6 Å². The standard InChI is InChI=1S/C15H20N2O2/c1-9(2)12(8-16)15(19)11-3-5-13-10(7-11)4-6-14(18)17-13/h3,5,7,9,12H,4,6,8,16H2,1-2H3,(H,17,18). The Kier molecular flexibility index (Phi) is 4.00. The highest BCUT2D eigenvalue weighted by Crippen LogP contribution is 2.25. The molecule has 2 rings (SSSR count). The number of amides is 1. The van der Waals surface area contributed by atoms with Gasteiger partial charge in [0, 0.05) is 30.1 Å². The highest BCUT2D eigenvalue weighted by molar-refractivity contribution is 6.00. The molecule has 1 aromatic rings. The van der Waals surface area contributed by atoms with E-state index in [1.807, 2.05) is 26.0 Å². The number of anilines is 1. The predicted molar refractivity (Wildman–Crippen MR) is 75.1 cm³/mol. The fourth-order valence-electron chi connectivity index (χ4n) is 2.43. The van der Waals surface area contributed by atoms with Crippen LogP contribution >= 0.6 is 0 Å². The Bertz CT molecular complexity index is 509. The van der Waals surface area contributed by atoms with Gasteiger partial charge in [-0.3, -0.25) is 9.59 Å². The van der Waals surface area contributed by atoms with Crippen LogP contribution in [-0.4, -0.2) is 18.2 Å². The Balaban J connectivity index is 2.27. The lowest BCUT2D eigenvalue weighted by molar-refractivity contribution is -0.116. The molecule has 1 aliphatic heterocycles. The minimum absolute atomic E-state index is 0.0357. The van der Waals surface area contributed by atoms with Crippen molar-refractivity contribution in [3.63, 3.8) is 0 Å². The first-order valence-electron chi connectivity index (χ1n) is 6.70. The lowest BCUT2D eigenvalue weighted by atomic mass is 9.87. The summed E-state index contributed by atoms with van der Waals surface area (Å²) in [6, 6.07) is 5.48. The van der Waals surface area contributed by atoms with E-state index >= 15 is 0 Å². The van der Waals surface area contributed by atoms with Gasteiger partial charge in [0.05, 0.1) is 0 Å². The monoisotopic (exact) mass is 260 g/mol. The lowest BCUT2D eigenvalue weighted by Gasteiger charge is -2.20. The van der Waals surface area contributed by atoms with Crippen LogP contribution in [0.25, 0.3) is 0 Å². The number of carbonyl (C=O) groups is 2. The summed E-state index contributed by atoms with van der Waals surface area (Å²) in [5.74, 6) is 0.218. The molecular weight excluding hydrogens is 240 g/mol. The molecule has 0 aromatic heterocycles. The van der Waals surface area contributed by atoms with Gasteiger partial charge in [0.15, 0.2) is 5.78 Å². The van der Waals surface area contributed by atoms with E-state index in [1.165, 1.54) is 0 Å². The summed E-state index contributed by atoms with van der Waals surface area (Å²) in [7, 11) is 0. The number of fused-ring (bicyclic) bond motifs is 1. The summed E-state index contributed by atoms with van der Waals surface area (Å²) >= 11 is 0. The molecule has 1 heterocycles. The SMILES string of the molecule is CC(C)C(CN)C(=O)c1ccc2c(c1)CCC(=O)N2. The second-order valence-corrected chi connectivity index (χ2v) is 5.37. The van der Waals surface area contributed by atoms with Crippen molar-refractivity contribution in [2.45, 2.75) is 26.7 Å². The van der Waals surface area contributed by atoms with Gasteiger partial charge in [0.25, 0.3) is 0 Å². The largest absolute Gasteiger partial charge is 0.330 e. The molecule has 0 saturated carbocycles. The predicted octanol–water partition coefficient (Wildman–Crippen LogP) is 1.98. The molecule has 1 aromatic carbocycles. The molecule has 0 spiro atoms. The zero-order valence-electron chi connectivity index (χ0n) is 11.4. The molecule has 0 saturated heterocycles. The number of rotatable bonds is 4. The second kappa shape index (κ2) is 5.53. The highest BCUT2D eigenvalue weighted by atomic mass is 16.1. The average molecular weight is 260 g/mol. The van der Waals surface area contributed by atoms with Crippen LogP contribution in [0.1, 0.15) is 36.2 Å². The maximum atomic E-state index is 12.4. The van der Waals surface area contributed by atoms with E-state index < -0.39 is 0 Å². The number of nitrogens with two attached hydrogens (primary N) is 1. The van der Waals surface area contributed by atoms with Gasteiger partial charge >= 0.3 is 0 Å². The van der Waals surface area contributed by atoms with Gasteiger partial charge in [0.2, 0.25) is 5.91 Å². The third kappa shape index (κ3) is 2.84. The normalized spacial score (nSPS) is 15.9. The van der Waals surface area contributed by atoms with Gasteiger partial charge in [-0.1, -0.05) is 13.8 Å². The van der Waals surface area contributed by atoms with Crippen LogP contribution in [0.5, 0.6) is 0 Å². The number of carbonyl (C=O) groups excluding carboxylic acids is 2. The van der Waals surface area contributed by atoms with E-state index in [2.05, 4.69) is 5.32 Å². The van der Waals surface area contributed by atoms with Crippen molar-refractivity contribution in [3.8, 4) is 0 Å². The van der Waals surface area contributed by atoms with Gasteiger partial charge in [-0.05, 0) is 36.1 Å². The fraction of sp³-hybridized carbons (Fsp3) is 0.467. The highest BCUT2D eigenvalue weighted by Gasteiger charge is 2.23. The van der Waals surface area contributed by atoms with Crippen molar-refractivity contribution >= 4 is 17.4 Å². The molecule has 19 heavy (non-hydrogen) atoms. The number of Topliss-reactive ketones (excluding diaryl/α,β-unsaturated/α-hetero) is 1. The van der Waals surface area contributed by atoms with Crippen molar-refractivity contribution in [2.75, 3.05) is 11.9 Å². The molecule has 1 amide bonds. The number of aryl methyl sites for hydroxylation is 1. The molecule has 4 heteroatoms. The first-order chi connectivity index (χ1) is 9.02. The van der Waals surface area contributed by atoms with Crippen molar-refractivity contribution in [3.05, 3.63) is 29.3 Å². The first kappa shape index (κ1) is 13.7. The Morgan fingerprint density at radius 3 is 2.74 bits per heavy atom. The van der Waals surface area contributed by atoms with Crippen molar-refractivity contribution < 1.29 is 9.59 Å². The van der Waals surface area contributed by atoms with Crippen LogP contribution in [0.3, 0.4) is 0 Å². The Hall–Kier alpha value is -1.68. The van der Waals surface area contributed by atoms with Crippen molar-refractivity contribution in [1.82, 2.24) is 0 Å². The second-order valence-electron chi connectivity index (χ2n) is 5.37. The van der Waals surface area contributed by atoms with Gasteiger partial charge in [0.1, 0.15) is 0 Å². The third-order valence-electron chi connectivity index (χ3n) is 3.68. The van der Waals surface area contributed by atoms with Crippen LogP contribution in [0.15, 0.2) is 18.2 Å². The molecule has 4 nitrogen and oxygen atoms in total. The molecular formula is C15H20N2O2. The molecule has 0 bridgehead atoms. The summed E-state index contributed by atoms with van der Waals surface area (Å²) in [6.45, 7) is 4.38. The first-order valence-corrected chi connectivity index (χ1v) is 6.70. The van der Waals surface area contributed by atoms with E-state index in [0.29, 0.717) is 24.9 Å². The molecule has 1 aliphatic rings. The Labute approximate surface area is 113 Å². The fourth-order valence-corrected chi connectivity index (χ4v) is 2.43. The third-order valence-corrected chi connectivity index (χ3v) is 3.68. The molecule has 0 radical (unpaired) electrons. The van der Waals surface area contributed by atoms with Crippen LogP contribution in [-0.2, 0) is 11.2 Å². The minimum Gasteiger partial charge on any atom is -0.330 e. The van der Waals surface area contributed by atoms with Crippen LogP contribution in [0.2, 0.25) is 0 Å². The molecule has 1 unspecified atom stereocenters. The maximum Gasteiger partial charge on any atom is 0.224 e. The summed E-state index contributed by atoms with van der Waals surface area (Å²) < 4.78 is 0. The Morgan fingerprint density at radius 2 is 2.11 bits per heavy atom. The van der Waals surface area contributed by atoms with Gasteiger partial charge in [-0.2, -0.15) is 0 Å². The van der Waals surface area contributed by atoms with Gasteiger partial charge in [-0.15, -0.1) is 0 Å². The minimum atomic E-state index is -0.142. The summed E-state index contributed by atoms with van der Waals surface area (Å²) in [5.41, 5.74) is 8.24. The van der Waals surface area contributed by atoms with E-state index in [1.54, 1.807) is 6.07 Å². The van der Waals surface area contributed by atoms with Crippen LogP contribution in [0.4, 0.5) is 5.69 Å². The summed E-state index contributed by atoms with van der Waals surface area (Å²) in [6.07, 6.45) is 1.17.